The van der Waals surface area contributed by atoms with E-state index in [0.717, 1.165) is 10.0 Å². The van der Waals surface area contributed by atoms with Gasteiger partial charge in [0.15, 0.2) is 11.5 Å². The monoisotopic (exact) mass is 459 g/mol. The Labute approximate surface area is 177 Å². The van der Waals surface area contributed by atoms with Crippen molar-refractivity contribution < 1.29 is 14.3 Å². The Kier molecular flexibility index (Phi) is 6.60. The molecule has 0 aliphatic rings. The molecule has 0 saturated carbocycles. The van der Waals surface area contributed by atoms with Crippen LogP contribution < -0.4 is 14.8 Å². The minimum Gasteiger partial charge on any atom is -0.493 e. The summed E-state index contributed by atoms with van der Waals surface area (Å²) in [7, 11) is 1.51. The Morgan fingerprint density at radius 2 is 1.82 bits per heavy atom. The number of benzene rings is 3. The zero-order valence-electron chi connectivity index (χ0n) is 15.5. The highest BCUT2D eigenvalue weighted by atomic mass is 79.9. The van der Waals surface area contributed by atoms with Crippen molar-refractivity contribution in [3.63, 3.8) is 0 Å². The van der Waals surface area contributed by atoms with Crippen molar-refractivity contribution in [3.8, 4) is 11.5 Å². The van der Waals surface area contributed by atoms with E-state index in [1.807, 2.05) is 49.4 Å². The topological polar surface area (TPSA) is 47.6 Å². The molecule has 3 rings (SSSR count). The fraction of sp³-hybridized carbons (Fsp3) is 0.136. The molecule has 28 heavy (non-hydrogen) atoms. The van der Waals surface area contributed by atoms with E-state index in [1.165, 1.54) is 12.7 Å². The van der Waals surface area contributed by atoms with E-state index in [9.17, 15) is 4.79 Å². The molecule has 0 saturated heterocycles. The molecule has 0 aliphatic carbocycles. The molecule has 1 N–H and O–H groups in total. The van der Waals surface area contributed by atoms with Crippen molar-refractivity contribution in [1.29, 1.82) is 0 Å². The van der Waals surface area contributed by atoms with Crippen molar-refractivity contribution in [2.45, 2.75) is 13.5 Å². The van der Waals surface area contributed by atoms with Crippen LogP contribution in [0.5, 0.6) is 11.5 Å². The van der Waals surface area contributed by atoms with Gasteiger partial charge in [-0.05, 0) is 52.7 Å². The minimum atomic E-state index is -0.294. The molecular weight excluding hydrogens is 442 g/mol. The maximum Gasteiger partial charge on any atom is 0.255 e. The van der Waals surface area contributed by atoms with Crippen LogP contribution in [0, 0.1) is 6.92 Å². The Morgan fingerprint density at radius 1 is 1.11 bits per heavy atom. The molecular formula is C22H19BrClNO3. The first-order chi connectivity index (χ1) is 13.5. The molecule has 0 unspecified atom stereocenters. The molecule has 0 heterocycles. The number of carbonyl (C=O) groups is 1. The highest BCUT2D eigenvalue weighted by Gasteiger charge is 2.17. The second-order valence-corrected chi connectivity index (χ2v) is 7.46. The van der Waals surface area contributed by atoms with Gasteiger partial charge in [0.2, 0.25) is 0 Å². The van der Waals surface area contributed by atoms with Crippen LogP contribution in [0.15, 0.2) is 65.1 Å². The Bertz CT molecular complexity index is 990. The smallest absolute Gasteiger partial charge is 0.255 e. The van der Waals surface area contributed by atoms with Crippen molar-refractivity contribution in [1.82, 2.24) is 0 Å². The highest BCUT2D eigenvalue weighted by Crippen LogP contribution is 2.37. The molecule has 0 atom stereocenters. The molecule has 4 nitrogen and oxygen atoms in total. The van der Waals surface area contributed by atoms with Crippen LogP contribution in [0.1, 0.15) is 21.5 Å². The lowest BCUT2D eigenvalue weighted by atomic mass is 10.1. The molecule has 3 aromatic carbocycles. The van der Waals surface area contributed by atoms with Gasteiger partial charge in [-0.1, -0.05) is 53.6 Å². The first-order valence-corrected chi connectivity index (χ1v) is 9.77. The second-order valence-electron chi connectivity index (χ2n) is 6.20. The highest BCUT2D eigenvalue weighted by molar-refractivity contribution is 9.10. The summed E-state index contributed by atoms with van der Waals surface area (Å²) in [5.74, 6) is 0.510. The van der Waals surface area contributed by atoms with Gasteiger partial charge in [-0.3, -0.25) is 4.79 Å². The van der Waals surface area contributed by atoms with Crippen LogP contribution in [0.4, 0.5) is 5.69 Å². The number of halogens is 2. The summed E-state index contributed by atoms with van der Waals surface area (Å²) < 4.78 is 12.1. The third-order valence-corrected chi connectivity index (χ3v) is 5.09. The van der Waals surface area contributed by atoms with E-state index in [0.29, 0.717) is 34.4 Å². The van der Waals surface area contributed by atoms with Gasteiger partial charge >= 0.3 is 0 Å². The number of aryl methyl sites for hydroxylation is 1. The van der Waals surface area contributed by atoms with Crippen molar-refractivity contribution in [2.24, 2.45) is 0 Å². The summed E-state index contributed by atoms with van der Waals surface area (Å²) >= 11 is 9.80. The zero-order valence-corrected chi connectivity index (χ0v) is 17.8. The van der Waals surface area contributed by atoms with E-state index < -0.39 is 0 Å². The third-order valence-electron chi connectivity index (χ3n) is 4.12. The molecule has 0 spiro atoms. The van der Waals surface area contributed by atoms with E-state index in [4.69, 9.17) is 21.1 Å². The number of ether oxygens (including phenoxy) is 2. The summed E-state index contributed by atoms with van der Waals surface area (Å²) in [5, 5.41) is 3.16. The average Bonchev–Trinajstić information content (AvgIpc) is 2.69. The Hall–Kier alpha value is -2.50. The van der Waals surface area contributed by atoms with Crippen molar-refractivity contribution in [3.05, 3.63) is 86.8 Å². The molecule has 0 aliphatic heterocycles. The van der Waals surface area contributed by atoms with Gasteiger partial charge in [-0.15, -0.1) is 0 Å². The largest absolute Gasteiger partial charge is 0.493 e. The van der Waals surface area contributed by atoms with Crippen LogP contribution in [0.2, 0.25) is 5.02 Å². The quantitative estimate of drug-likeness (QED) is 0.473. The lowest BCUT2D eigenvalue weighted by Gasteiger charge is -2.15. The Balaban J connectivity index is 1.79. The SMILES string of the molecule is COc1cc(C(=O)Nc2ccccc2Br)cc(Cl)c1OCc1ccc(C)cc1. The van der Waals surface area contributed by atoms with Crippen LogP contribution >= 0.6 is 27.5 Å². The lowest BCUT2D eigenvalue weighted by molar-refractivity contribution is 0.102. The number of methoxy groups -OCH3 is 1. The summed E-state index contributed by atoms with van der Waals surface area (Å²) in [6.07, 6.45) is 0. The van der Waals surface area contributed by atoms with Crippen molar-refractivity contribution in [2.75, 3.05) is 12.4 Å². The predicted molar refractivity (Wildman–Crippen MR) is 116 cm³/mol. The van der Waals surface area contributed by atoms with Gasteiger partial charge in [0.1, 0.15) is 6.61 Å². The van der Waals surface area contributed by atoms with Gasteiger partial charge in [0.25, 0.3) is 5.91 Å². The third kappa shape index (κ3) is 4.86. The molecule has 1 amide bonds. The maximum atomic E-state index is 12.6. The fourth-order valence-corrected chi connectivity index (χ4v) is 3.24. The lowest BCUT2D eigenvalue weighted by Crippen LogP contribution is -2.13. The van der Waals surface area contributed by atoms with E-state index >= 15 is 0 Å². The molecule has 3 aromatic rings. The van der Waals surface area contributed by atoms with E-state index in [2.05, 4.69) is 21.2 Å². The van der Waals surface area contributed by atoms with Crippen molar-refractivity contribution >= 4 is 39.1 Å². The van der Waals surface area contributed by atoms with Gasteiger partial charge < -0.3 is 14.8 Å². The second kappa shape index (κ2) is 9.13. The summed E-state index contributed by atoms with van der Waals surface area (Å²) in [4.78, 5) is 12.6. The molecule has 0 fully saturated rings. The van der Waals surface area contributed by atoms with Crippen LogP contribution in [0.3, 0.4) is 0 Å². The first kappa shape index (κ1) is 20.2. The number of carbonyl (C=O) groups excluding carboxylic acids is 1. The Morgan fingerprint density at radius 3 is 2.50 bits per heavy atom. The number of amides is 1. The first-order valence-electron chi connectivity index (χ1n) is 8.59. The van der Waals surface area contributed by atoms with E-state index in [1.54, 1.807) is 18.2 Å². The van der Waals surface area contributed by atoms with Crippen LogP contribution in [-0.2, 0) is 6.61 Å². The van der Waals surface area contributed by atoms with Gasteiger partial charge in [0, 0.05) is 10.0 Å². The number of para-hydroxylation sites is 1. The number of rotatable bonds is 6. The number of anilines is 1. The summed E-state index contributed by atoms with van der Waals surface area (Å²) in [6, 6.07) is 18.6. The van der Waals surface area contributed by atoms with Gasteiger partial charge in [-0.2, -0.15) is 0 Å². The summed E-state index contributed by atoms with van der Waals surface area (Å²) in [6.45, 7) is 2.38. The maximum absolute atomic E-state index is 12.6. The normalized spacial score (nSPS) is 10.4. The van der Waals surface area contributed by atoms with Crippen LogP contribution in [0.25, 0.3) is 0 Å². The van der Waals surface area contributed by atoms with Gasteiger partial charge in [-0.25, -0.2) is 0 Å². The predicted octanol–water partition coefficient (Wildman–Crippen LogP) is 6.25. The fourth-order valence-electron chi connectivity index (χ4n) is 2.59. The standard InChI is InChI=1S/C22H19BrClNO3/c1-14-7-9-15(10-8-14)13-28-21-18(24)11-16(12-20(21)27-2)22(26)25-19-6-4-3-5-17(19)23/h3-12H,13H2,1-2H3,(H,25,26). The van der Waals surface area contributed by atoms with Gasteiger partial charge in [0.05, 0.1) is 17.8 Å². The molecule has 6 heteroatoms. The minimum absolute atomic E-state index is 0.294. The molecule has 0 aromatic heterocycles. The molecule has 0 radical (unpaired) electrons. The number of nitrogens with one attached hydrogen (secondary N) is 1. The molecule has 144 valence electrons. The summed E-state index contributed by atoms with van der Waals surface area (Å²) in [5.41, 5.74) is 3.24. The number of hydrogen-bond acceptors (Lipinski definition) is 3. The van der Waals surface area contributed by atoms with E-state index in [-0.39, 0.29) is 5.91 Å². The zero-order chi connectivity index (χ0) is 20.1. The molecule has 0 bridgehead atoms. The number of hydrogen-bond donors (Lipinski definition) is 1. The average molecular weight is 461 g/mol. The van der Waals surface area contributed by atoms with Crippen LogP contribution in [-0.4, -0.2) is 13.0 Å².